The predicted molar refractivity (Wildman–Crippen MR) is 98.3 cm³/mol. The number of nitrogens with one attached hydrogen (secondary N) is 3. The van der Waals surface area contributed by atoms with Gasteiger partial charge in [0.25, 0.3) is 0 Å². The molecule has 1 rings (SSSR count). The molecule has 6 nitrogen and oxygen atoms in total. The fourth-order valence-electron chi connectivity index (χ4n) is 1.78. The molecule has 3 N–H and O–H groups in total. The number of guanidine groups is 1. The lowest BCUT2D eigenvalue weighted by atomic mass is 10.4. The minimum absolute atomic E-state index is 0. The van der Waals surface area contributed by atoms with E-state index in [9.17, 15) is 4.79 Å². The summed E-state index contributed by atoms with van der Waals surface area (Å²) in [6.45, 7) is 6.09. The van der Waals surface area contributed by atoms with Gasteiger partial charge in [0.15, 0.2) is 5.96 Å². The molecule has 0 spiro atoms. The van der Waals surface area contributed by atoms with Gasteiger partial charge in [0.1, 0.15) is 0 Å². The zero-order valence-electron chi connectivity index (χ0n) is 13.4. The lowest BCUT2D eigenvalue weighted by Gasteiger charge is -2.12. The summed E-state index contributed by atoms with van der Waals surface area (Å²) >= 11 is 0. The molecule has 21 heavy (non-hydrogen) atoms. The van der Waals surface area contributed by atoms with E-state index in [1.54, 1.807) is 0 Å². The van der Waals surface area contributed by atoms with Gasteiger partial charge in [0.2, 0.25) is 5.91 Å². The third kappa shape index (κ3) is 10.8. The Morgan fingerprint density at radius 3 is 2.43 bits per heavy atom. The molecule has 1 amide bonds. The second kappa shape index (κ2) is 12.0. The molecule has 1 aliphatic rings. The number of hydrogen-bond acceptors (Lipinski definition) is 3. The molecular weight excluding hydrogens is 381 g/mol. The van der Waals surface area contributed by atoms with Crippen molar-refractivity contribution in [3.8, 4) is 0 Å². The molecular formula is C14H30IN5O. The van der Waals surface area contributed by atoms with E-state index in [0.29, 0.717) is 13.1 Å². The Balaban J connectivity index is 0.00000400. The highest BCUT2D eigenvalue weighted by molar-refractivity contribution is 14.0. The van der Waals surface area contributed by atoms with Gasteiger partial charge in [-0.1, -0.05) is 0 Å². The van der Waals surface area contributed by atoms with Gasteiger partial charge < -0.3 is 20.9 Å². The van der Waals surface area contributed by atoms with Crippen molar-refractivity contribution in [1.29, 1.82) is 0 Å². The smallest absolute Gasteiger partial charge is 0.223 e. The largest absolute Gasteiger partial charge is 0.357 e. The molecule has 0 radical (unpaired) electrons. The highest BCUT2D eigenvalue weighted by atomic mass is 127. The first kappa shape index (κ1) is 20.4. The van der Waals surface area contributed by atoms with Gasteiger partial charge in [-0.15, -0.1) is 24.0 Å². The maximum absolute atomic E-state index is 11.5. The minimum Gasteiger partial charge on any atom is -0.357 e. The SMILES string of the molecule is CCNC(=NCCCN(C)C)NCCNC(=O)C1CC1.I. The topological polar surface area (TPSA) is 68.8 Å². The Labute approximate surface area is 145 Å². The van der Waals surface area contributed by atoms with Gasteiger partial charge in [0, 0.05) is 32.1 Å². The van der Waals surface area contributed by atoms with Crippen LogP contribution in [0.15, 0.2) is 4.99 Å². The summed E-state index contributed by atoms with van der Waals surface area (Å²) < 4.78 is 0. The van der Waals surface area contributed by atoms with E-state index in [1.165, 1.54) is 0 Å². The average Bonchev–Trinajstić information content (AvgIpc) is 3.23. The zero-order valence-corrected chi connectivity index (χ0v) is 15.8. The van der Waals surface area contributed by atoms with E-state index >= 15 is 0 Å². The third-order valence-corrected chi connectivity index (χ3v) is 3.04. The molecule has 0 aliphatic heterocycles. The van der Waals surface area contributed by atoms with Crippen molar-refractivity contribution in [3.05, 3.63) is 0 Å². The summed E-state index contributed by atoms with van der Waals surface area (Å²) in [5.74, 6) is 1.30. The fourth-order valence-corrected chi connectivity index (χ4v) is 1.78. The summed E-state index contributed by atoms with van der Waals surface area (Å²) in [6.07, 6.45) is 3.15. The molecule has 0 unspecified atom stereocenters. The van der Waals surface area contributed by atoms with Crippen molar-refractivity contribution in [3.63, 3.8) is 0 Å². The quantitative estimate of drug-likeness (QED) is 0.226. The first-order valence-electron chi connectivity index (χ1n) is 7.58. The van der Waals surface area contributed by atoms with E-state index in [-0.39, 0.29) is 35.8 Å². The summed E-state index contributed by atoms with van der Waals surface area (Å²) in [6, 6.07) is 0. The monoisotopic (exact) mass is 411 g/mol. The van der Waals surface area contributed by atoms with Crippen molar-refractivity contribution in [2.75, 3.05) is 46.8 Å². The molecule has 1 fully saturated rings. The van der Waals surface area contributed by atoms with Crippen LogP contribution < -0.4 is 16.0 Å². The van der Waals surface area contributed by atoms with Gasteiger partial charge in [0.05, 0.1) is 0 Å². The highest BCUT2D eigenvalue weighted by Gasteiger charge is 2.28. The molecule has 1 aliphatic carbocycles. The standard InChI is InChI=1S/C14H29N5O.HI/c1-4-15-14(17-8-5-11-19(2)3)18-10-9-16-13(20)12-6-7-12;/h12H,4-11H2,1-3H3,(H,16,20)(H2,15,17,18);1H. The van der Waals surface area contributed by atoms with Crippen LogP contribution in [0.3, 0.4) is 0 Å². The lowest BCUT2D eigenvalue weighted by Crippen LogP contribution is -2.41. The zero-order chi connectivity index (χ0) is 14.8. The van der Waals surface area contributed by atoms with Crippen LogP contribution in [0.4, 0.5) is 0 Å². The number of hydrogen-bond donors (Lipinski definition) is 3. The van der Waals surface area contributed by atoms with E-state index in [4.69, 9.17) is 0 Å². The fraction of sp³-hybridized carbons (Fsp3) is 0.857. The summed E-state index contributed by atoms with van der Waals surface area (Å²) in [5, 5.41) is 9.37. The normalized spacial score (nSPS) is 14.6. The Morgan fingerprint density at radius 2 is 1.86 bits per heavy atom. The van der Waals surface area contributed by atoms with Gasteiger partial charge in [-0.2, -0.15) is 0 Å². The molecule has 7 heteroatoms. The Bertz CT molecular complexity index is 318. The van der Waals surface area contributed by atoms with Crippen molar-refractivity contribution in [2.24, 2.45) is 10.9 Å². The third-order valence-electron chi connectivity index (χ3n) is 3.04. The van der Waals surface area contributed by atoms with Crippen molar-refractivity contribution >= 4 is 35.8 Å². The second-order valence-corrected chi connectivity index (χ2v) is 5.41. The summed E-state index contributed by atoms with van der Waals surface area (Å²) in [7, 11) is 4.13. The Hall–Kier alpha value is -0.570. The summed E-state index contributed by atoms with van der Waals surface area (Å²) in [5.41, 5.74) is 0. The first-order valence-corrected chi connectivity index (χ1v) is 7.58. The van der Waals surface area contributed by atoms with Crippen LogP contribution >= 0.6 is 24.0 Å². The molecule has 124 valence electrons. The van der Waals surface area contributed by atoms with Gasteiger partial charge in [-0.3, -0.25) is 9.79 Å². The van der Waals surface area contributed by atoms with Crippen LogP contribution in [0.2, 0.25) is 0 Å². The van der Waals surface area contributed by atoms with E-state index < -0.39 is 0 Å². The average molecular weight is 411 g/mol. The molecule has 0 bridgehead atoms. The number of nitrogens with zero attached hydrogens (tertiary/aromatic N) is 2. The molecule has 0 heterocycles. The van der Waals surface area contributed by atoms with Gasteiger partial charge >= 0.3 is 0 Å². The van der Waals surface area contributed by atoms with Crippen LogP contribution in [0.1, 0.15) is 26.2 Å². The highest BCUT2D eigenvalue weighted by Crippen LogP contribution is 2.28. The van der Waals surface area contributed by atoms with Crippen molar-refractivity contribution < 1.29 is 4.79 Å². The molecule has 0 aromatic carbocycles. The molecule has 1 saturated carbocycles. The number of aliphatic imine (C=N–C) groups is 1. The van der Waals surface area contributed by atoms with Gasteiger partial charge in [-0.25, -0.2) is 0 Å². The number of halogens is 1. The summed E-state index contributed by atoms with van der Waals surface area (Å²) in [4.78, 5) is 18.1. The minimum atomic E-state index is 0. The first-order chi connectivity index (χ1) is 9.63. The Kier molecular flexibility index (Phi) is 11.7. The van der Waals surface area contributed by atoms with Crippen LogP contribution in [-0.4, -0.2) is 63.6 Å². The van der Waals surface area contributed by atoms with Crippen LogP contribution in [-0.2, 0) is 4.79 Å². The molecule has 0 aromatic rings. The molecule has 0 atom stereocenters. The van der Waals surface area contributed by atoms with E-state index in [0.717, 1.165) is 44.9 Å². The van der Waals surface area contributed by atoms with Gasteiger partial charge in [-0.05, 0) is 46.8 Å². The predicted octanol–water partition coefficient (Wildman–Crippen LogP) is 0.637. The van der Waals surface area contributed by atoms with E-state index in [2.05, 4.69) is 39.9 Å². The van der Waals surface area contributed by atoms with Crippen LogP contribution in [0.25, 0.3) is 0 Å². The molecule has 0 saturated heterocycles. The maximum atomic E-state index is 11.5. The van der Waals surface area contributed by atoms with Crippen molar-refractivity contribution in [1.82, 2.24) is 20.9 Å². The van der Waals surface area contributed by atoms with E-state index in [1.807, 2.05) is 6.92 Å². The number of rotatable bonds is 9. The van der Waals surface area contributed by atoms with Crippen LogP contribution in [0, 0.1) is 5.92 Å². The molecule has 0 aromatic heterocycles. The number of amides is 1. The second-order valence-electron chi connectivity index (χ2n) is 5.41. The maximum Gasteiger partial charge on any atom is 0.223 e. The lowest BCUT2D eigenvalue weighted by molar-refractivity contribution is -0.122. The van der Waals surface area contributed by atoms with Crippen LogP contribution in [0.5, 0.6) is 0 Å². The number of carbonyl (C=O) groups excluding carboxylic acids is 1. The van der Waals surface area contributed by atoms with Crippen molar-refractivity contribution in [2.45, 2.75) is 26.2 Å². The Morgan fingerprint density at radius 1 is 1.19 bits per heavy atom. The number of carbonyl (C=O) groups is 1.